The number of rotatable bonds is 7. The van der Waals surface area contributed by atoms with E-state index in [0.29, 0.717) is 24.1 Å². The Hall–Kier alpha value is -3.08. The molecule has 2 aromatic rings. The van der Waals surface area contributed by atoms with Gasteiger partial charge in [0.25, 0.3) is 5.91 Å². The first-order valence-corrected chi connectivity index (χ1v) is 10.7. The molecule has 2 fully saturated rings. The van der Waals surface area contributed by atoms with Gasteiger partial charge in [-0.2, -0.15) is 0 Å². The second-order valence-electron chi connectivity index (χ2n) is 8.10. The Balaban J connectivity index is 1.19. The maximum absolute atomic E-state index is 12.4. The highest BCUT2D eigenvalue weighted by Crippen LogP contribution is 2.22. The molecule has 30 heavy (non-hydrogen) atoms. The van der Waals surface area contributed by atoms with Crippen LogP contribution in [0.15, 0.2) is 60.7 Å². The molecular weight excluding hydrogens is 376 g/mol. The Morgan fingerprint density at radius 1 is 0.967 bits per heavy atom. The van der Waals surface area contributed by atoms with Crippen LogP contribution in [0.2, 0.25) is 0 Å². The quantitative estimate of drug-likeness (QED) is 0.712. The molecule has 1 saturated heterocycles. The first kappa shape index (κ1) is 20.2. The lowest BCUT2D eigenvalue weighted by molar-refractivity contribution is -0.127. The van der Waals surface area contributed by atoms with Gasteiger partial charge in [-0.3, -0.25) is 9.59 Å². The van der Waals surface area contributed by atoms with Crippen LogP contribution in [-0.2, 0) is 4.79 Å². The topological polar surface area (TPSA) is 58.6 Å². The van der Waals surface area contributed by atoms with E-state index in [4.69, 9.17) is 4.74 Å². The fourth-order valence-electron chi connectivity index (χ4n) is 3.57. The Labute approximate surface area is 177 Å². The highest BCUT2D eigenvalue weighted by molar-refractivity contribution is 5.94. The van der Waals surface area contributed by atoms with Crippen molar-refractivity contribution in [2.75, 3.05) is 19.7 Å². The van der Waals surface area contributed by atoms with Gasteiger partial charge >= 0.3 is 0 Å². The highest BCUT2D eigenvalue weighted by Gasteiger charge is 2.24. The van der Waals surface area contributed by atoms with Gasteiger partial charge in [-0.05, 0) is 67.5 Å². The van der Waals surface area contributed by atoms with Crippen LogP contribution in [0.5, 0.6) is 5.75 Å². The Bertz CT molecular complexity index is 880. The van der Waals surface area contributed by atoms with Crippen LogP contribution in [0.1, 0.15) is 41.6 Å². The number of amides is 2. The third-order valence-electron chi connectivity index (χ3n) is 5.66. The first-order chi connectivity index (χ1) is 14.7. The number of carbonyl (C=O) groups excluding carboxylic acids is 2. The van der Waals surface area contributed by atoms with Gasteiger partial charge in [-0.15, -0.1) is 0 Å². The van der Waals surface area contributed by atoms with E-state index in [-0.39, 0.29) is 11.8 Å². The van der Waals surface area contributed by atoms with Gasteiger partial charge in [0.2, 0.25) is 5.91 Å². The third-order valence-corrected chi connectivity index (χ3v) is 5.66. The van der Waals surface area contributed by atoms with Crippen LogP contribution in [0.3, 0.4) is 0 Å². The average molecular weight is 405 g/mol. The van der Waals surface area contributed by atoms with Crippen molar-refractivity contribution in [3.8, 4) is 5.75 Å². The van der Waals surface area contributed by atoms with E-state index in [1.165, 1.54) is 0 Å². The van der Waals surface area contributed by atoms with Crippen molar-refractivity contribution in [1.29, 1.82) is 0 Å². The molecule has 156 valence electrons. The molecule has 0 radical (unpaired) electrons. The molecule has 2 aliphatic rings. The number of nitrogens with zero attached hydrogens (tertiary/aromatic N) is 1. The van der Waals surface area contributed by atoms with Gasteiger partial charge < -0.3 is 15.0 Å². The molecule has 5 heteroatoms. The molecule has 2 aromatic carbocycles. The van der Waals surface area contributed by atoms with Crippen LogP contribution in [0.25, 0.3) is 6.08 Å². The summed E-state index contributed by atoms with van der Waals surface area (Å²) >= 11 is 0. The van der Waals surface area contributed by atoms with Crippen molar-refractivity contribution in [1.82, 2.24) is 10.2 Å². The summed E-state index contributed by atoms with van der Waals surface area (Å²) in [5.41, 5.74) is 1.70. The fourth-order valence-corrected chi connectivity index (χ4v) is 3.57. The molecule has 1 aliphatic carbocycles. The third kappa shape index (κ3) is 5.72. The van der Waals surface area contributed by atoms with Crippen molar-refractivity contribution in [2.45, 2.75) is 31.7 Å². The molecule has 0 aromatic heterocycles. The fraction of sp³-hybridized carbons (Fsp3) is 0.360. The zero-order valence-corrected chi connectivity index (χ0v) is 17.1. The molecule has 0 bridgehead atoms. The summed E-state index contributed by atoms with van der Waals surface area (Å²) in [4.78, 5) is 26.3. The van der Waals surface area contributed by atoms with Gasteiger partial charge in [0.05, 0.1) is 6.61 Å². The number of ether oxygens (including phenoxy) is 1. The molecule has 4 rings (SSSR count). The van der Waals surface area contributed by atoms with Crippen LogP contribution in [0.4, 0.5) is 0 Å². The van der Waals surface area contributed by atoms with Crippen molar-refractivity contribution in [3.05, 3.63) is 71.8 Å². The summed E-state index contributed by atoms with van der Waals surface area (Å²) in [5.74, 6) is 1.27. The second kappa shape index (κ2) is 9.61. The maximum atomic E-state index is 12.4. The molecule has 0 spiro atoms. The first-order valence-electron chi connectivity index (χ1n) is 10.7. The molecule has 5 nitrogen and oxygen atoms in total. The van der Waals surface area contributed by atoms with E-state index in [1.54, 1.807) is 6.08 Å². The number of nitrogens with one attached hydrogen (secondary N) is 1. The molecular formula is C25H28N2O3. The summed E-state index contributed by atoms with van der Waals surface area (Å²) < 4.78 is 5.93. The lowest BCUT2D eigenvalue weighted by Crippen LogP contribution is -2.38. The van der Waals surface area contributed by atoms with Crippen LogP contribution in [-0.4, -0.2) is 42.5 Å². The summed E-state index contributed by atoms with van der Waals surface area (Å²) in [6.45, 7) is 2.15. The van der Waals surface area contributed by atoms with Crippen molar-refractivity contribution < 1.29 is 14.3 Å². The summed E-state index contributed by atoms with van der Waals surface area (Å²) in [5, 5.41) is 2.99. The van der Waals surface area contributed by atoms with Gasteiger partial charge in [-0.25, -0.2) is 0 Å². The minimum Gasteiger partial charge on any atom is -0.493 e. The predicted molar refractivity (Wildman–Crippen MR) is 117 cm³/mol. The van der Waals surface area contributed by atoms with Crippen LogP contribution >= 0.6 is 0 Å². The van der Waals surface area contributed by atoms with E-state index in [0.717, 1.165) is 50.1 Å². The number of hydrogen-bond donors (Lipinski definition) is 1. The Kier molecular flexibility index (Phi) is 6.47. The standard InChI is InChI=1S/C25H28N2O3/c28-24(13-6-19-4-2-1-3-5-19)27-16-14-20(15-17-27)18-30-23-11-7-21(8-12-23)25(29)26-22-9-10-22/h1-8,11-13,20,22H,9-10,14-18H2,(H,26,29)/b13-6+. The minimum absolute atomic E-state index is 0.0117. The van der Waals surface area contributed by atoms with Gasteiger partial charge in [-0.1, -0.05) is 30.3 Å². The molecule has 0 atom stereocenters. The number of likely N-dealkylation sites (tertiary alicyclic amines) is 1. The van der Waals surface area contributed by atoms with E-state index >= 15 is 0 Å². The maximum Gasteiger partial charge on any atom is 0.251 e. The van der Waals surface area contributed by atoms with Gasteiger partial charge in [0, 0.05) is 30.8 Å². The monoisotopic (exact) mass is 404 g/mol. The Morgan fingerprint density at radius 3 is 2.33 bits per heavy atom. The van der Waals surface area contributed by atoms with Crippen LogP contribution in [0, 0.1) is 5.92 Å². The van der Waals surface area contributed by atoms with Gasteiger partial charge in [0.1, 0.15) is 5.75 Å². The minimum atomic E-state index is -0.0117. The normalized spacial score (nSPS) is 17.1. The average Bonchev–Trinajstić information content (AvgIpc) is 3.61. The zero-order valence-electron chi connectivity index (χ0n) is 17.1. The van der Waals surface area contributed by atoms with E-state index < -0.39 is 0 Å². The number of piperidine rings is 1. The van der Waals surface area contributed by atoms with Crippen molar-refractivity contribution in [2.24, 2.45) is 5.92 Å². The molecule has 0 unspecified atom stereocenters. The largest absolute Gasteiger partial charge is 0.493 e. The molecule has 2 amide bonds. The zero-order chi connectivity index (χ0) is 20.8. The summed E-state index contributed by atoms with van der Waals surface area (Å²) in [6, 6.07) is 17.6. The highest BCUT2D eigenvalue weighted by atomic mass is 16.5. The van der Waals surface area contributed by atoms with Crippen molar-refractivity contribution in [3.63, 3.8) is 0 Å². The second-order valence-corrected chi connectivity index (χ2v) is 8.10. The molecule has 1 saturated carbocycles. The SMILES string of the molecule is O=C(NC1CC1)c1ccc(OCC2CCN(C(=O)/C=C/c3ccccc3)CC2)cc1. The van der Waals surface area contributed by atoms with E-state index in [2.05, 4.69) is 5.32 Å². The van der Waals surface area contributed by atoms with E-state index in [9.17, 15) is 9.59 Å². The predicted octanol–water partition coefficient (Wildman–Crippen LogP) is 3.91. The smallest absolute Gasteiger partial charge is 0.251 e. The summed E-state index contributed by atoms with van der Waals surface area (Å²) in [7, 11) is 0. The number of benzene rings is 2. The number of hydrogen-bond acceptors (Lipinski definition) is 3. The van der Waals surface area contributed by atoms with Crippen molar-refractivity contribution >= 4 is 17.9 Å². The molecule has 1 heterocycles. The molecule has 1 N–H and O–H groups in total. The number of carbonyl (C=O) groups is 2. The van der Waals surface area contributed by atoms with Crippen LogP contribution < -0.4 is 10.1 Å². The van der Waals surface area contributed by atoms with E-state index in [1.807, 2.05) is 65.6 Å². The lowest BCUT2D eigenvalue weighted by Gasteiger charge is -2.31. The lowest BCUT2D eigenvalue weighted by atomic mass is 9.97. The molecule has 1 aliphatic heterocycles. The Morgan fingerprint density at radius 2 is 1.67 bits per heavy atom. The summed E-state index contributed by atoms with van der Waals surface area (Å²) in [6.07, 6.45) is 7.57. The van der Waals surface area contributed by atoms with Gasteiger partial charge in [0.15, 0.2) is 0 Å².